The van der Waals surface area contributed by atoms with E-state index >= 15 is 0 Å². The maximum Gasteiger partial charge on any atom is 0.241 e. The summed E-state index contributed by atoms with van der Waals surface area (Å²) in [5.41, 5.74) is 0.346. The van der Waals surface area contributed by atoms with Crippen LogP contribution in [-0.2, 0) is 10.0 Å². The highest BCUT2D eigenvalue weighted by Gasteiger charge is 2.64. The van der Waals surface area contributed by atoms with Crippen LogP contribution in [0.2, 0.25) is 0 Å². The van der Waals surface area contributed by atoms with Crippen LogP contribution in [0.5, 0.6) is 0 Å². The lowest BCUT2D eigenvalue weighted by atomic mass is 10.0. The minimum Gasteiger partial charge on any atom is -0.211 e. The van der Waals surface area contributed by atoms with Crippen LogP contribution in [-0.4, -0.2) is 15.0 Å². The van der Waals surface area contributed by atoms with Crippen LogP contribution < -0.4 is 4.72 Å². The third-order valence-corrected chi connectivity index (χ3v) is 7.87. The summed E-state index contributed by atoms with van der Waals surface area (Å²) in [5, 5.41) is 0. The van der Waals surface area contributed by atoms with Gasteiger partial charge in [0.1, 0.15) is 0 Å². The molecule has 1 N–H and O–H groups in total. The van der Waals surface area contributed by atoms with Crippen molar-refractivity contribution in [1.29, 1.82) is 0 Å². The van der Waals surface area contributed by atoms with Crippen molar-refractivity contribution in [2.45, 2.75) is 32.6 Å². The molecule has 112 valence electrons. The molecule has 3 nitrogen and oxygen atoms in total. The van der Waals surface area contributed by atoms with Gasteiger partial charge in [-0.25, -0.2) is 13.1 Å². The number of benzene rings is 1. The van der Waals surface area contributed by atoms with Gasteiger partial charge in [0.2, 0.25) is 10.0 Å². The molecule has 0 aliphatic heterocycles. The summed E-state index contributed by atoms with van der Waals surface area (Å²) in [5.74, 6) is 0.360. The second-order valence-electron chi connectivity index (χ2n) is 6.42. The molecular formula is C14H19Br2NO2S. The molecule has 0 heterocycles. The average Bonchev–Trinajstić information content (AvgIpc) is 2.66. The standard InChI is InChI=1S/C14H19Br2NO2S/c1-13(2)12(14(13,3)4)8-17-20(18,19)11-6-5-9(15)7-10(11)16/h5-7,12,17H,8H2,1-4H3. The van der Waals surface area contributed by atoms with Gasteiger partial charge in [0.15, 0.2) is 0 Å². The average molecular weight is 425 g/mol. The maximum absolute atomic E-state index is 12.4. The van der Waals surface area contributed by atoms with Crippen molar-refractivity contribution < 1.29 is 8.42 Å². The van der Waals surface area contributed by atoms with Crippen molar-refractivity contribution >= 4 is 41.9 Å². The predicted octanol–water partition coefficient (Wildman–Crippen LogP) is 4.17. The zero-order valence-corrected chi connectivity index (χ0v) is 16.0. The van der Waals surface area contributed by atoms with Crippen molar-refractivity contribution in [3.05, 3.63) is 27.1 Å². The van der Waals surface area contributed by atoms with E-state index in [2.05, 4.69) is 64.3 Å². The smallest absolute Gasteiger partial charge is 0.211 e. The molecule has 20 heavy (non-hydrogen) atoms. The van der Waals surface area contributed by atoms with E-state index in [1.54, 1.807) is 18.2 Å². The zero-order chi connectivity index (χ0) is 15.3. The van der Waals surface area contributed by atoms with Crippen molar-refractivity contribution in [3.63, 3.8) is 0 Å². The van der Waals surface area contributed by atoms with Crippen LogP contribution in [0.4, 0.5) is 0 Å². The lowest BCUT2D eigenvalue weighted by molar-refractivity contribution is 0.457. The minimum atomic E-state index is -3.48. The van der Waals surface area contributed by atoms with E-state index < -0.39 is 10.0 Å². The van der Waals surface area contributed by atoms with Crippen molar-refractivity contribution in [1.82, 2.24) is 4.72 Å². The summed E-state index contributed by atoms with van der Waals surface area (Å²) in [6.45, 7) is 9.21. The lowest BCUT2D eigenvalue weighted by Crippen LogP contribution is -2.27. The molecular weight excluding hydrogens is 406 g/mol. The highest BCUT2D eigenvalue weighted by Crippen LogP contribution is 2.67. The monoisotopic (exact) mass is 423 g/mol. The first-order valence-electron chi connectivity index (χ1n) is 6.45. The quantitative estimate of drug-likeness (QED) is 0.788. The Kier molecular flexibility index (Phi) is 4.18. The second-order valence-corrected chi connectivity index (χ2v) is 9.93. The van der Waals surface area contributed by atoms with Gasteiger partial charge in [-0.2, -0.15) is 0 Å². The number of nitrogens with one attached hydrogen (secondary N) is 1. The number of hydrogen-bond donors (Lipinski definition) is 1. The Morgan fingerprint density at radius 2 is 1.70 bits per heavy atom. The second kappa shape index (κ2) is 5.07. The fraction of sp³-hybridized carbons (Fsp3) is 0.571. The molecule has 0 aromatic heterocycles. The summed E-state index contributed by atoms with van der Waals surface area (Å²) >= 11 is 6.62. The summed E-state index contributed by atoms with van der Waals surface area (Å²) in [6, 6.07) is 5.06. The molecule has 0 spiro atoms. The van der Waals surface area contributed by atoms with E-state index in [1.807, 2.05) is 0 Å². The van der Waals surface area contributed by atoms with Crippen LogP contribution in [0.3, 0.4) is 0 Å². The fourth-order valence-electron chi connectivity index (χ4n) is 2.81. The fourth-order valence-corrected chi connectivity index (χ4v) is 5.60. The topological polar surface area (TPSA) is 46.2 Å². The molecule has 1 fully saturated rings. The lowest BCUT2D eigenvalue weighted by Gasteiger charge is -2.09. The highest BCUT2D eigenvalue weighted by molar-refractivity contribution is 9.11. The molecule has 1 aliphatic rings. The van der Waals surface area contributed by atoms with E-state index in [9.17, 15) is 8.42 Å². The molecule has 0 saturated heterocycles. The largest absolute Gasteiger partial charge is 0.241 e. The Morgan fingerprint density at radius 3 is 2.15 bits per heavy atom. The molecule has 0 atom stereocenters. The molecule has 2 rings (SSSR count). The van der Waals surface area contributed by atoms with E-state index in [0.29, 0.717) is 16.9 Å². The first-order chi connectivity index (χ1) is 9.00. The van der Waals surface area contributed by atoms with Gasteiger partial charge in [-0.3, -0.25) is 0 Å². The number of sulfonamides is 1. The summed E-state index contributed by atoms with van der Waals surface area (Å²) in [4.78, 5) is 0.275. The van der Waals surface area contributed by atoms with Crippen LogP contribution in [0.1, 0.15) is 27.7 Å². The third-order valence-electron chi connectivity index (χ3n) is 4.98. The predicted molar refractivity (Wildman–Crippen MR) is 88.1 cm³/mol. The summed E-state index contributed by atoms with van der Waals surface area (Å²) in [6.07, 6.45) is 0. The minimum absolute atomic E-state index is 0.173. The molecule has 1 saturated carbocycles. The Hall–Kier alpha value is 0.0900. The van der Waals surface area contributed by atoms with E-state index in [1.165, 1.54) is 0 Å². The van der Waals surface area contributed by atoms with Gasteiger partial charge in [-0.15, -0.1) is 0 Å². The highest BCUT2D eigenvalue weighted by atomic mass is 79.9. The van der Waals surface area contributed by atoms with Gasteiger partial charge in [0.25, 0.3) is 0 Å². The number of rotatable bonds is 4. The molecule has 0 amide bonds. The van der Waals surface area contributed by atoms with Crippen molar-refractivity contribution in [2.24, 2.45) is 16.7 Å². The van der Waals surface area contributed by atoms with E-state index in [4.69, 9.17) is 0 Å². The number of hydrogen-bond acceptors (Lipinski definition) is 2. The third kappa shape index (κ3) is 2.72. The molecule has 0 radical (unpaired) electrons. The van der Waals surface area contributed by atoms with Crippen molar-refractivity contribution in [3.8, 4) is 0 Å². The van der Waals surface area contributed by atoms with Crippen LogP contribution in [0.15, 0.2) is 32.0 Å². The zero-order valence-electron chi connectivity index (χ0n) is 12.0. The first-order valence-corrected chi connectivity index (χ1v) is 9.52. The Bertz CT molecular complexity index is 625. The molecule has 1 aliphatic carbocycles. The normalized spacial score (nSPS) is 20.9. The van der Waals surface area contributed by atoms with Gasteiger partial charge in [-0.1, -0.05) is 43.6 Å². The van der Waals surface area contributed by atoms with E-state index in [-0.39, 0.29) is 15.7 Å². The molecule has 0 unspecified atom stereocenters. The Balaban J connectivity index is 2.14. The van der Waals surface area contributed by atoms with Gasteiger partial charge < -0.3 is 0 Å². The van der Waals surface area contributed by atoms with Gasteiger partial charge >= 0.3 is 0 Å². The van der Waals surface area contributed by atoms with E-state index in [0.717, 1.165) is 4.47 Å². The SMILES string of the molecule is CC1(C)C(CNS(=O)(=O)c2ccc(Br)cc2Br)C1(C)C. The molecule has 1 aromatic rings. The van der Waals surface area contributed by atoms with Crippen LogP contribution in [0.25, 0.3) is 0 Å². The molecule has 0 bridgehead atoms. The molecule has 6 heteroatoms. The van der Waals surface area contributed by atoms with Gasteiger partial charge in [0, 0.05) is 15.5 Å². The Morgan fingerprint density at radius 1 is 1.15 bits per heavy atom. The first kappa shape index (κ1) is 16.5. The Labute approximate surface area is 137 Å². The molecule has 1 aromatic carbocycles. The van der Waals surface area contributed by atoms with Gasteiger partial charge in [-0.05, 0) is 50.9 Å². The van der Waals surface area contributed by atoms with Crippen molar-refractivity contribution in [2.75, 3.05) is 6.54 Å². The maximum atomic E-state index is 12.4. The summed E-state index contributed by atoms with van der Waals surface area (Å²) in [7, 11) is -3.48. The summed E-state index contributed by atoms with van der Waals surface area (Å²) < 4.78 is 28.9. The number of halogens is 2. The van der Waals surface area contributed by atoms with Gasteiger partial charge in [0.05, 0.1) is 4.90 Å². The van der Waals surface area contributed by atoms with Crippen LogP contribution in [0, 0.1) is 16.7 Å². The van der Waals surface area contributed by atoms with Crippen LogP contribution >= 0.6 is 31.9 Å².